The number of carbonyl (C=O) groups excluding carboxylic acids is 1. The molecule has 1 heterocycles. The third kappa shape index (κ3) is 4.99. The lowest BCUT2D eigenvalue weighted by Crippen LogP contribution is -2.38. The van der Waals surface area contributed by atoms with E-state index in [1.165, 1.54) is 11.1 Å². The Morgan fingerprint density at radius 2 is 1.73 bits per heavy atom. The van der Waals surface area contributed by atoms with Crippen LogP contribution in [-0.4, -0.2) is 49.1 Å². The van der Waals surface area contributed by atoms with E-state index in [9.17, 15) is 4.79 Å². The van der Waals surface area contributed by atoms with Gasteiger partial charge in [-0.2, -0.15) is 0 Å². The highest BCUT2D eigenvalue weighted by atomic mass is 16.5. The van der Waals surface area contributed by atoms with Crippen LogP contribution in [0.1, 0.15) is 17.5 Å². The average Bonchev–Trinajstić information content (AvgIpc) is 2.90. The molecule has 2 aromatic rings. The van der Waals surface area contributed by atoms with Gasteiger partial charge in [-0.15, -0.1) is 0 Å². The Hall–Kier alpha value is -2.53. The summed E-state index contributed by atoms with van der Waals surface area (Å²) in [6.45, 7) is 6.35. The number of urea groups is 1. The number of amides is 2. The van der Waals surface area contributed by atoms with E-state index in [-0.39, 0.29) is 6.03 Å². The second kappa shape index (κ2) is 8.72. The number of rotatable bonds is 4. The van der Waals surface area contributed by atoms with Crippen LogP contribution < -0.4 is 10.1 Å². The van der Waals surface area contributed by atoms with E-state index >= 15 is 0 Å². The van der Waals surface area contributed by atoms with Crippen molar-refractivity contribution < 1.29 is 9.53 Å². The number of hydrogen-bond donors (Lipinski definition) is 1. The Bertz CT molecular complexity index is 713. The van der Waals surface area contributed by atoms with Crippen molar-refractivity contribution in [3.8, 4) is 5.75 Å². The zero-order chi connectivity index (χ0) is 18.4. The molecule has 0 spiro atoms. The number of carbonyl (C=O) groups is 1. The highest BCUT2D eigenvalue weighted by Gasteiger charge is 2.19. The molecule has 5 nitrogen and oxygen atoms in total. The number of benzene rings is 2. The van der Waals surface area contributed by atoms with Crippen LogP contribution in [-0.2, 0) is 6.54 Å². The quantitative estimate of drug-likeness (QED) is 0.911. The molecule has 0 unspecified atom stereocenters. The fourth-order valence-electron chi connectivity index (χ4n) is 3.16. The molecule has 138 valence electrons. The second-order valence-electron chi connectivity index (χ2n) is 6.76. The van der Waals surface area contributed by atoms with Gasteiger partial charge in [0.25, 0.3) is 0 Å². The van der Waals surface area contributed by atoms with Crippen LogP contribution in [0.15, 0.2) is 48.5 Å². The molecule has 2 aromatic carbocycles. The summed E-state index contributed by atoms with van der Waals surface area (Å²) in [6, 6.07) is 16.1. The minimum absolute atomic E-state index is 0.0137. The van der Waals surface area contributed by atoms with Crippen molar-refractivity contribution in [3.05, 3.63) is 59.7 Å². The third-order valence-electron chi connectivity index (χ3n) is 4.74. The summed E-state index contributed by atoms with van der Waals surface area (Å²) in [5.41, 5.74) is 3.30. The van der Waals surface area contributed by atoms with Crippen molar-refractivity contribution >= 4 is 11.7 Å². The van der Waals surface area contributed by atoms with Gasteiger partial charge in [-0.05, 0) is 43.2 Å². The van der Waals surface area contributed by atoms with Crippen LogP contribution in [0.4, 0.5) is 10.5 Å². The first kappa shape index (κ1) is 18.3. The molecule has 3 rings (SSSR count). The van der Waals surface area contributed by atoms with Gasteiger partial charge in [-0.25, -0.2) is 4.79 Å². The normalized spacial score (nSPS) is 15.4. The van der Waals surface area contributed by atoms with Gasteiger partial charge in [0.15, 0.2) is 0 Å². The van der Waals surface area contributed by atoms with Crippen LogP contribution in [0.2, 0.25) is 0 Å². The predicted molar refractivity (Wildman–Crippen MR) is 105 cm³/mol. The van der Waals surface area contributed by atoms with Crippen molar-refractivity contribution in [2.45, 2.75) is 19.9 Å². The molecule has 26 heavy (non-hydrogen) atoms. The number of anilines is 1. The standard InChI is InChI=1S/C21H27N3O2/c1-17-4-8-19(9-5-17)22-21(25)24-13-3-12-23(14-15-24)16-18-6-10-20(26-2)11-7-18/h4-11H,3,12-16H2,1-2H3,(H,22,25). The largest absolute Gasteiger partial charge is 0.497 e. The highest BCUT2D eigenvalue weighted by Crippen LogP contribution is 2.15. The summed E-state index contributed by atoms with van der Waals surface area (Å²) in [7, 11) is 1.68. The topological polar surface area (TPSA) is 44.8 Å². The molecule has 0 aliphatic carbocycles. The minimum atomic E-state index is -0.0137. The first-order chi connectivity index (χ1) is 12.6. The summed E-state index contributed by atoms with van der Waals surface area (Å²) in [6.07, 6.45) is 0.984. The maximum absolute atomic E-state index is 12.5. The van der Waals surface area contributed by atoms with Crippen molar-refractivity contribution in [2.24, 2.45) is 0 Å². The lowest BCUT2D eigenvalue weighted by molar-refractivity contribution is 0.211. The summed E-state index contributed by atoms with van der Waals surface area (Å²) < 4.78 is 5.21. The van der Waals surface area contributed by atoms with E-state index in [2.05, 4.69) is 22.3 Å². The van der Waals surface area contributed by atoms with Crippen molar-refractivity contribution in [1.82, 2.24) is 9.80 Å². The van der Waals surface area contributed by atoms with Gasteiger partial charge < -0.3 is 15.0 Å². The fourth-order valence-corrected chi connectivity index (χ4v) is 3.16. The van der Waals surface area contributed by atoms with E-state index in [1.54, 1.807) is 7.11 Å². The van der Waals surface area contributed by atoms with Gasteiger partial charge in [0.2, 0.25) is 0 Å². The summed E-state index contributed by atoms with van der Waals surface area (Å²) in [4.78, 5) is 16.8. The molecule has 0 saturated carbocycles. The van der Waals surface area contributed by atoms with Crippen molar-refractivity contribution in [1.29, 1.82) is 0 Å². The molecule has 0 bridgehead atoms. The van der Waals surface area contributed by atoms with Gasteiger partial charge >= 0.3 is 6.03 Å². The number of nitrogens with one attached hydrogen (secondary N) is 1. The van der Waals surface area contributed by atoms with Gasteiger partial charge in [0.05, 0.1) is 7.11 Å². The van der Waals surface area contributed by atoms with Crippen molar-refractivity contribution in [3.63, 3.8) is 0 Å². The fraction of sp³-hybridized carbons (Fsp3) is 0.381. The van der Waals surface area contributed by atoms with Crippen LogP contribution in [0.3, 0.4) is 0 Å². The lowest BCUT2D eigenvalue weighted by atomic mass is 10.2. The van der Waals surface area contributed by atoms with E-state index < -0.39 is 0 Å². The maximum atomic E-state index is 12.5. The van der Waals surface area contributed by atoms with E-state index in [0.29, 0.717) is 0 Å². The number of aryl methyl sites for hydroxylation is 1. The number of ether oxygens (including phenoxy) is 1. The van der Waals surface area contributed by atoms with Crippen molar-refractivity contribution in [2.75, 3.05) is 38.6 Å². The Morgan fingerprint density at radius 1 is 1.00 bits per heavy atom. The summed E-state index contributed by atoms with van der Waals surface area (Å²) >= 11 is 0. The number of nitrogens with zero attached hydrogens (tertiary/aromatic N) is 2. The lowest BCUT2D eigenvalue weighted by Gasteiger charge is -2.22. The van der Waals surface area contributed by atoms with Gasteiger partial charge in [-0.3, -0.25) is 4.90 Å². The summed E-state index contributed by atoms with van der Waals surface area (Å²) in [5, 5.41) is 3.00. The van der Waals surface area contributed by atoms with E-state index in [0.717, 1.165) is 50.6 Å². The molecule has 1 aliphatic heterocycles. The van der Waals surface area contributed by atoms with Gasteiger partial charge in [0.1, 0.15) is 5.75 Å². The maximum Gasteiger partial charge on any atom is 0.321 e. The predicted octanol–water partition coefficient (Wildman–Crippen LogP) is 3.74. The zero-order valence-corrected chi connectivity index (χ0v) is 15.6. The van der Waals surface area contributed by atoms with E-state index in [4.69, 9.17) is 4.74 Å². The monoisotopic (exact) mass is 353 g/mol. The van der Waals surface area contributed by atoms with Crippen LogP contribution >= 0.6 is 0 Å². The Kier molecular flexibility index (Phi) is 6.12. The molecule has 0 atom stereocenters. The van der Waals surface area contributed by atoms with Crippen LogP contribution in [0, 0.1) is 6.92 Å². The molecule has 1 fully saturated rings. The number of methoxy groups -OCH3 is 1. The molecule has 1 aliphatic rings. The van der Waals surface area contributed by atoms with Crippen LogP contribution in [0.5, 0.6) is 5.75 Å². The molecule has 5 heteroatoms. The first-order valence-electron chi connectivity index (χ1n) is 9.12. The Morgan fingerprint density at radius 3 is 2.42 bits per heavy atom. The first-order valence-corrected chi connectivity index (χ1v) is 9.12. The molecule has 0 aromatic heterocycles. The smallest absolute Gasteiger partial charge is 0.321 e. The minimum Gasteiger partial charge on any atom is -0.497 e. The SMILES string of the molecule is COc1ccc(CN2CCCN(C(=O)Nc3ccc(C)cc3)CC2)cc1. The highest BCUT2D eigenvalue weighted by molar-refractivity contribution is 5.89. The molecular formula is C21H27N3O2. The Balaban J connectivity index is 1.52. The molecular weight excluding hydrogens is 326 g/mol. The summed E-state index contributed by atoms with van der Waals surface area (Å²) in [5.74, 6) is 0.878. The van der Waals surface area contributed by atoms with Crippen LogP contribution in [0.25, 0.3) is 0 Å². The van der Waals surface area contributed by atoms with E-state index in [1.807, 2.05) is 48.2 Å². The molecule has 1 N–H and O–H groups in total. The molecule has 1 saturated heterocycles. The third-order valence-corrected chi connectivity index (χ3v) is 4.74. The Labute approximate surface area is 155 Å². The average molecular weight is 353 g/mol. The molecule has 2 amide bonds. The zero-order valence-electron chi connectivity index (χ0n) is 15.6. The second-order valence-corrected chi connectivity index (χ2v) is 6.76. The van der Waals surface area contributed by atoms with Gasteiger partial charge in [-0.1, -0.05) is 29.8 Å². The van der Waals surface area contributed by atoms with Gasteiger partial charge in [0, 0.05) is 38.4 Å². The number of hydrogen-bond acceptors (Lipinski definition) is 3. The molecule has 0 radical (unpaired) electrons.